The molecular formula is C16H22F2N2O4S. The van der Waals surface area contributed by atoms with Gasteiger partial charge in [-0.25, -0.2) is 13.6 Å². The standard InChI is InChI=1S/C16H22F2N2O4S/c1-9-4-16(17,18)8-19(9)12(21)11-7-25-13(14(22)24-3)20(11)10-5-15(2,23)6-10/h7,9-10,13,23H,4-6,8H2,1-3H3. The van der Waals surface area contributed by atoms with Crippen LogP contribution in [0.15, 0.2) is 11.1 Å². The maximum atomic E-state index is 13.6. The van der Waals surface area contributed by atoms with Gasteiger partial charge in [-0.3, -0.25) is 4.79 Å². The molecule has 3 rings (SSSR count). The number of aliphatic hydroxyl groups is 1. The largest absolute Gasteiger partial charge is 0.467 e. The summed E-state index contributed by atoms with van der Waals surface area (Å²) in [7, 11) is 1.26. The summed E-state index contributed by atoms with van der Waals surface area (Å²) < 4.78 is 32.1. The predicted molar refractivity (Wildman–Crippen MR) is 87.7 cm³/mol. The molecule has 2 atom stereocenters. The van der Waals surface area contributed by atoms with Gasteiger partial charge in [0.2, 0.25) is 0 Å². The van der Waals surface area contributed by atoms with Crippen molar-refractivity contribution in [2.24, 2.45) is 0 Å². The van der Waals surface area contributed by atoms with Crippen molar-refractivity contribution < 1.29 is 28.2 Å². The zero-order chi connectivity index (χ0) is 18.6. The number of likely N-dealkylation sites (tertiary alicyclic amines) is 1. The van der Waals surface area contributed by atoms with Gasteiger partial charge in [0.05, 0.1) is 19.3 Å². The van der Waals surface area contributed by atoms with Crippen LogP contribution in [-0.4, -0.2) is 69.4 Å². The first-order valence-corrected chi connectivity index (χ1v) is 9.12. The molecule has 1 N–H and O–H groups in total. The molecule has 0 aromatic heterocycles. The van der Waals surface area contributed by atoms with Gasteiger partial charge in [0.1, 0.15) is 5.70 Å². The second kappa shape index (κ2) is 6.12. The Bertz CT molecular complexity index is 617. The molecule has 140 valence electrons. The minimum Gasteiger partial charge on any atom is -0.467 e. The van der Waals surface area contributed by atoms with Gasteiger partial charge in [0.15, 0.2) is 5.37 Å². The van der Waals surface area contributed by atoms with Gasteiger partial charge in [-0.05, 0) is 26.7 Å². The van der Waals surface area contributed by atoms with E-state index in [4.69, 9.17) is 4.74 Å². The molecular weight excluding hydrogens is 354 g/mol. The fourth-order valence-electron chi connectivity index (χ4n) is 3.78. The molecule has 1 saturated heterocycles. The number of methoxy groups -OCH3 is 1. The molecule has 1 aliphatic carbocycles. The van der Waals surface area contributed by atoms with Gasteiger partial charge in [-0.15, -0.1) is 0 Å². The van der Waals surface area contributed by atoms with Crippen LogP contribution in [0, 0.1) is 0 Å². The molecule has 2 aliphatic heterocycles. The number of carbonyl (C=O) groups is 2. The maximum Gasteiger partial charge on any atom is 0.339 e. The van der Waals surface area contributed by atoms with E-state index in [-0.39, 0.29) is 18.2 Å². The van der Waals surface area contributed by atoms with Crippen LogP contribution in [0.5, 0.6) is 0 Å². The molecule has 2 heterocycles. The van der Waals surface area contributed by atoms with Crippen LogP contribution in [0.1, 0.15) is 33.1 Å². The van der Waals surface area contributed by atoms with Crippen LogP contribution in [-0.2, 0) is 14.3 Å². The topological polar surface area (TPSA) is 70.1 Å². The van der Waals surface area contributed by atoms with Crippen molar-refractivity contribution in [2.75, 3.05) is 13.7 Å². The van der Waals surface area contributed by atoms with E-state index in [2.05, 4.69) is 0 Å². The average Bonchev–Trinajstić information content (AvgIpc) is 3.03. The van der Waals surface area contributed by atoms with Crippen molar-refractivity contribution in [3.63, 3.8) is 0 Å². The Hall–Kier alpha value is -1.35. The quantitative estimate of drug-likeness (QED) is 0.754. The number of rotatable bonds is 3. The fraction of sp³-hybridized carbons (Fsp3) is 0.750. The Labute approximate surface area is 149 Å². The van der Waals surface area contributed by atoms with Crippen molar-refractivity contribution in [1.82, 2.24) is 9.80 Å². The lowest BCUT2D eigenvalue weighted by Gasteiger charge is -2.48. The Morgan fingerprint density at radius 2 is 2.00 bits per heavy atom. The average molecular weight is 376 g/mol. The number of carbonyl (C=O) groups excluding carboxylic acids is 2. The summed E-state index contributed by atoms with van der Waals surface area (Å²) in [6.45, 7) is 2.67. The van der Waals surface area contributed by atoms with E-state index in [0.717, 1.165) is 16.7 Å². The van der Waals surface area contributed by atoms with E-state index in [1.54, 1.807) is 24.2 Å². The molecule has 3 aliphatic rings. The van der Waals surface area contributed by atoms with Gasteiger partial charge >= 0.3 is 5.97 Å². The van der Waals surface area contributed by atoms with Crippen LogP contribution in [0.3, 0.4) is 0 Å². The molecule has 0 radical (unpaired) electrons. The number of esters is 1. The molecule has 0 bridgehead atoms. The van der Waals surface area contributed by atoms with Gasteiger partial charge in [-0.2, -0.15) is 0 Å². The summed E-state index contributed by atoms with van der Waals surface area (Å²) in [6.07, 6.45) is 0.437. The molecule has 6 nitrogen and oxygen atoms in total. The molecule has 1 saturated carbocycles. The van der Waals surface area contributed by atoms with Crippen molar-refractivity contribution in [3.8, 4) is 0 Å². The van der Waals surface area contributed by atoms with E-state index in [9.17, 15) is 23.5 Å². The molecule has 0 spiro atoms. The highest BCUT2D eigenvalue weighted by molar-refractivity contribution is 8.03. The summed E-state index contributed by atoms with van der Waals surface area (Å²) in [5, 5.41) is 10.8. The van der Waals surface area contributed by atoms with Crippen molar-refractivity contribution >= 4 is 23.6 Å². The lowest BCUT2D eigenvalue weighted by molar-refractivity contribution is -0.147. The number of hydrogen-bond donors (Lipinski definition) is 1. The normalized spacial score (nSPS) is 36.9. The van der Waals surface area contributed by atoms with Crippen LogP contribution in [0.25, 0.3) is 0 Å². The lowest BCUT2D eigenvalue weighted by atomic mass is 9.76. The Balaban J connectivity index is 1.81. The molecule has 25 heavy (non-hydrogen) atoms. The van der Waals surface area contributed by atoms with Gasteiger partial charge in [0.25, 0.3) is 11.8 Å². The third-order valence-corrected chi connectivity index (χ3v) is 6.03. The molecule has 0 aromatic rings. The molecule has 9 heteroatoms. The Morgan fingerprint density at radius 3 is 2.48 bits per heavy atom. The number of amides is 1. The number of nitrogens with zero attached hydrogens (tertiary/aromatic N) is 2. The van der Waals surface area contributed by atoms with Crippen molar-refractivity contribution in [3.05, 3.63) is 11.1 Å². The second-order valence-electron chi connectivity index (χ2n) is 7.32. The SMILES string of the molecule is COC(=O)C1SC=C(C(=O)N2CC(F)(F)CC2C)N1C1CC(C)(O)C1. The minimum absolute atomic E-state index is 0.206. The third-order valence-electron chi connectivity index (χ3n) is 4.99. The maximum absolute atomic E-state index is 13.6. The summed E-state index contributed by atoms with van der Waals surface area (Å²) in [5.41, 5.74) is -0.619. The summed E-state index contributed by atoms with van der Waals surface area (Å²) in [6, 6.07) is -0.778. The highest BCUT2D eigenvalue weighted by atomic mass is 32.2. The van der Waals surface area contributed by atoms with E-state index in [1.807, 2.05) is 0 Å². The Kier molecular flexibility index (Phi) is 4.51. The number of ether oxygens (including phenoxy) is 1. The Morgan fingerprint density at radius 1 is 1.36 bits per heavy atom. The van der Waals surface area contributed by atoms with Crippen molar-refractivity contribution in [2.45, 2.75) is 62.1 Å². The van der Waals surface area contributed by atoms with Gasteiger partial charge in [0, 0.05) is 23.9 Å². The molecule has 0 aromatic carbocycles. The molecule has 2 fully saturated rings. The predicted octanol–water partition coefficient (Wildman–Crippen LogP) is 1.55. The van der Waals surface area contributed by atoms with Crippen LogP contribution in [0.4, 0.5) is 8.78 Å². The third kappa shape index (κ3) is 3.36. The lowest BCUT2D eigenvalue weighted by Crippen LogP contribution is -2.57. The van der Waals surface area contributed by atoms with Crippen molar-refractivity contribution in [1.29, 1.82) is 0 Å². The van der Waals surface area contributed by atoms with Crippen LogP contribution >= 0.6 is 11.8 Å². The monoisotopic (exact) mass is 376 g/mol. The highest BCUT2D eigenvalue weighted by Crippen LogP contribution is 2.45. The smallest absolute Gasteiger partial charge is 0.339 e. The first kappa shape index (κ1) is 18.4. The number of thioether (sulfide) groups is 1. The first-order valence-electron chi connectivity index (χ1n) is 8.18. The fourth-order valence-corrected chi connectivity index (χ4v) is 4.89. The van der Waals surface area contributed by atoms with E-state index >= 15 is 0 Å². The minimum atomic E-state index is -2.89. The van der Waals surface area contributed by atoms with E-state index in [0.29, 0.717) is 12.8 Å². The number of alkyl halides is 2. The summed E-state index contributed by atoms with van der Waals surface area (Å²) >= 11 is 1.13. The molecule has 2 unspecified atom stereocenters. The first-order chi connectivity index (χ1) is 11.5. The summed E-state index contributed by atoms with van der Waals surface area (Å²) in [5.74, 6) is -3.90. The van der Waals surface area contributed by atoms with Gasteiger partial charge < -0.3 is 19.6 Å². The van der Waals surface area contributed by atoms with Gasteiger partial charge in [-0.1, -0.05) is 11.8 Å². The zero-order valence-corrected chi connectivity index (χ0v) is 15.2. The van der Waals surface area contributed by atoms with E-state index in [1.165, 1.54) is 7.11 Å². The van der Waals surface area contributed by atoms with Crippen LogP contribution in [0.2, 0.25) is 0 Å². The second-order valence-corrected chi connectivity index (χ2v) is 8.28. The highest BCUT2D eigenvalue weighted by Gasteiger charge is 2.52. The molecule has 1 amide bonds. The summed E-state index contributed by atoms with van der Waals surface area (Å²) in [4.78, 5) is 27.7. The zero-order valence-electron chi connectivity index (χ0n) is 14.4. The van der Waals surface area contributed by atoms with E-state index < -0.39 is 41.4 Å². The number of hydrogen-bond acceptors (Lipinski definition) is 6. The van der Waals surface area contributed by atoms with Crippen LogP contribution < -0.4 is 0 Å². The number of halogens is 2.